The van der Waals surface area contributed by atoms with Gasteiger partial charge in [0.05, 0.1) is 0 Å². The molecule has 0 saturated carbocycles. The maximum Gasteiger partial charge on any atom is 0.246 e. The largest absolute Gasteiger partial charge is 0.342 e. The highest BCUT2D eigenvalue weighted by atomic mass is 16.2. The third-order valence-electron chi connectivity index (χ3n) is 6.78. The van der Waals surface area contributed by atoms with Crippen LogP contribution in [0.5, 0.6) is 0 Å². The molecule has 0 bridgehead atoms. The zero-order valence-electron chi connectivity index (χ0n) is 18.6. The lowest BCUT2D eigenvalue weighted by molar-refractivity contribution is -0.147. The number of nitrogens with one attached hydrogen (secondary N) is 2. The maximum absolute atomic E-state index is 13.4. The van der Waals surface area contributed by atoms with Gasteiger partial charge in [0.2, 0.25) is 23.6 Å². The molecule has 3 aliphatic heterocycles. The van der Waals surface area contributed by atoms with Crippen molar-refractivity contribution in [1.82, 2.24) is 20.4 Å². The molecule has 0 aromatic heterocycles. The minimum absolute atomic E-state index is 0.0621. The molecule has 0 aromatic carbocycles. The smallest absolute Gasteiger partial charge is 0.246 e. The van der Waals surface area contributed by atoms with E-state index in [9.17, 15) is 19.2 Å². The van der Waals surface area contributed by atoms with Crippen molar-refractivity contribution < 1.29 is 19.2 Å². The zero-order chi connectivity index (χ0) is 22.0. The highest BCUT2D eigenvalue weighted by Crippen LogP contribution is 2.25. The Morgan fingerprint density at radius 3 is 1.93 bits per heavy atom. The summed E-state index contributed by atoms with van der Waals surface area (Å²) in [4.78, 5) is 56.3. The third kappa shape index (κ3) is 4.47. The van der Waals surface area contributed by atoms with Crippen LogP contribution >= 0.6 is 0 Å². The summed E-state index contributed by atoms with van der Waals surface area (Å²) in [6.45, 7) is 8.93. The average molecular weight is 421 g/mol. The Kier molecular flexibility index (Phi) is 7.03. The minimum Gasteiger partial charge on any atom is -0.342 e. The summed E-state index contributed by atoms with van der Waals surface area (Å²) in [6.07, 6.45) is 3.86. The molecule has 0 radical (unpaired) electrons. The Morgan fingerprint density at radius 2 is 1.40 bits per heavy atom. The molecular formula is C22H36N4O4. The van der Waals surface area contributed by atoms with Crippen LogP contribution in [0.1, 0.15) is 66.2 Å². The first kappa shape index (κ1) is 22.6. The molecule has 0 aromatic rings. The number of fused-ring (bicyclic) bond motifs is 2. The Balaban J connectivity index is 1.98. The molecule has 0 aliphatic carbocycles. The third-order valence-corrected chi connectivity index (χ3v) is 6.78. The van der Waals surface area contributed by atoms with Crippen LogP contribution in [0.4, 0.5) is 0 Å². The summed E-state index contributed by atoms with van der Waals surface area (Å²) in [5, 5.41) is 5.89. The van der Waals surface area contributed by atoms with Crippen LogP contribution in [0.3, 0.4) is 0 Å². The van der Waals surface area contributed by atoms with Gasteiger partial charge in [-0.25, -0.2) is 0 Å². The first-order chi connectivity index (χ1) is 14.2. The molecule has 3 rings (SSSR count). The molecule has 2 N–H and O–H groups in total. The molecule has 3 heterocycles. The van der Waals surface area contributed by atoms with E-state index in [1.807, 2.05) is 27.7 Å². The summed E-state index contributed by atoms with van der Waals surface area (Å²) >= 11 is 0. The van der Waals surface area contributed by atoms with Gasteiger partial charge in [0, 0.05) is 13.1 Å². The summed E-state index contributed by atoms with van der Waals surface area (Å²) < 4.78 is 0. The number of carbonyl (C=O) groups is 4. The van der Waals surface area contributed by atoms with Gasteiger partial charge < -0.3 is 20.4 Å². The number of rotatable bonds is 4. The van der Waals surface area contributed by atoms with E-state index in [2.05, 4.69) is 10.6 Å². The fourth-order valence-electron chi connectivity index (χ4n) is 4.88. The van der Waals surface area contributed by atoms with Crippen molar-refractivity contribution >= 4 is 23.6 Å². The zero-order valence-corrected chi connectivity index (χ0v) is 18.6. The molecule has 4 amide bonds. The fourth-order valence-corrected chi connectivity index (χ4v) is 4.88. The van der Waals surface area contributed by atoms with Crippen LogP contribution in [0, 0.1) is 11.8 Å². The molecule has 30 heavy (non-hydrogen) atoms. The highest BCUT2D eigenvalue weighted by Gasteiger charge is 2.44. The van der Waals surface area contributed by atoms with E-state index < -0.39 is 24.2 Å². The van der Waals surface area contributed by atoms with E-state index in [-0.39, 0.29) is 35.5 Å². The van der Waals surface area contributed by atoms with Gasteiger partial charge in [0.15, 0.2) is 0 Å². The number of amides is 4. The van der Waals surface area contributed by atoms with Gasteiger partial charge in [0.1, 0.15) is 24.2 Å². The summed E-state index contributed by atoms with van der Waals surface area (Å²) in [7, 11) is 0. The van der Waals surface area contributed by atoms with Gasteiger partial charge in [0.25, 0.3) is 0 Å². The maximum atomic E-state index is 13.4. The van der Waals surface area contributed by atoms with Crippen LogP contribution < -0.4 is 10.6 Å². The summed E-state index contributed by atoms with van der Waals surface area (Å²) in [5.74, 6) is -0.750. The molecule has 3 fully saturated rings. The van der Waals surface area contributed by atoms with Crippen molar-refractivity contribution in [2.75, 3.05) is 13.1 Å². The van der Waals surface area contributed by atoms with Gasteiger partial charge in [-0.2, -0.15) is 0 Å². The summed E-state index contributed by atoms with van der Waals surface area (Å²) in [6, 6.07) is -2.53. The Hall–Kier alpha value is -2.12. The lowest BCUT2D eigenvalue weighted by atomic mass is 9.96. The quantitative estimate of drug-likeness (QED) is 0.710. The first-order valence-electron chi connectivity index (χ1n) is 11.5. The molecule has 168 valence electrons. The van der Waals surface area contributed by atoms with Crippen LogP contribution in [0.2, 0.25) is 0 Å². The van der Waals surface area contributed by atoms with Crippen molar-refractivity contribution in [2.45, 2.75) is 90.4 Å². The Bertz CT molecular complexity index is 695. The van der Waals surface area contributed by atoms with Gasteiger partial charge in [-0.15, -0.1) is 0 Å². The SMILES string of the molecule is CCC(C)[C@H]1NC(=O)[C@@H]2CCCN2C(=O)[C@H](CC(C)C)NC(=O)[C@@H]2CCCN2C1=O. The summed E-state index contributed by atoms with van der Waals surface area (Å²) in [5.41, 5.74) is 0. The van der Waals surface area contributed by atoms with Crippen LogP contribution in [-0.2, 0) is 19.2 Å². The lowest BCUT2D eigenvalue weighted by Crippen LogP contribution is -2.62. The standard InChI is InChI=1S/C22H36N4O4/c1-5-14(4)18-22(30)26-11-7-8-16(26)19(27)23-15(12-13(2)3)21(29)25-10-6-9-17(25)20(28)24-18/h13-18H,5-12H2,1-4H3,(H,23,27)(H,24,28)/t14?,15-,16-,17-,18+/m0/s1. The average Bonchev–Trinajstić information content (AvgIpc) is 3.38. The van der Waals surface area contributed by atoms with E-state index >= 15 is 0 Å². The first-order valence-corrected chi connectivity index (χ1v) is 11.5. The van der Waals surface area contributed by atoms with E-state index in [1.54, 1.807) is 9.80 Å². The lowest BCUT2D eigenvalue weighted by Gasteiger charge is -2.36. The van der Waals surface area contributed by atoms with Crippen LogP contribution in [-0.4, -0.2) is 70.7 Å². The molecule has 8 nitrogen and oxygen atoms in total. The fraction of sp³-hybridized carbons (Fsp3) is 0.818. The molecule has 3 saturated heterocycles. The van der Waals surface area contributed by atoms with Gasteiger partial charge >= 0.3 is 0 Å². The molecule has 5 atom stereocenters. The van der Waals surface area contributed by atoms with Gasteiger partial charge in [-0.3, -0.25) is 19.2 Å². The van der Waals surface area contributed by atoms with E-state index in [4.69, 9.17) is 0 Å². The van der Waals surface area contributed by atoms with E-state index in [0.717, 1.165) is 19.3 Å². The van der Waals surface area contributed by atoms with Gasteiger partial charge in [-0.05, 0) is 43.9 Å². The van der Waals surface area contributed by atoms with Crippen molar-refractivity contribution in [1.29, 1.82) is 0 Å². The van der Waals surface area contributed by atoms with Gasteiger partial charge in [-0.1, -0.05) is 34.1 Å². The van der Waals surface area contributed by atoms with E-state index in [1.165, 1.54) is 0 Å². The molecular weight excluding hydrogens is 384 g/mol. The predicted octanol–water partition coefficient (Wildman–Crippen LogP) is 1.04. The normalized spacial score (nSPS) is 31.6. The Labute approximate surface area is 179 Å². The number of hydrogen-bond acceptors (Lipinski definition) is 4. The molecule has 8 heteroatoms. The Morgan fingerprint density at radius 1 is 0.867 bits per heavy atom. The van der Waals surface area contributed by atoms with Crippen molar-refractivity contribution in [3.05, 3.63) is 0 Å². The van der Waals surface area contributed by atoms with Crippen LogP contribution in [0.25, 0.3) is 0 Å². The molecule has 1 unspecified atom stereocenters. The highest BCUT2D eigenvalue weighted by molar-refractivity contribution is 5.98. The monoisotopic (exact) mass is 420 g/mol. The predicted molar refractivity (Wildman–Crippen MR) is 112 cm³/mol. The van der Waals surface area contributed by atoms with Crippen molar-refractivity contribution in [2.24, 2.45) is 11.8 Å². The topological polar surface area (TPSA) is 98.8 Å². The molecule has 3 aliphatic rings. The van der Waals surface area contributed by atoms with E-state index in [0.29, 0.717) is 32.4 Å². The minimum atomic E-state index is -0.681. The van der Waals surface area contributed by atoms with Crippen LogP contribution in [0.15, 0.2) is 0 Å². The second kappa shape index (κ2) is 9.35. The number of nitrogens with zero attached hydrogens (tertiary/aromatic N) is 2. The molecule has 0 spiro atoms. The second-order valence-electron chi connectivity index (χ2n) is 9.44. The number of hydrogen-bond donors (Lipinski definition) is 2. The number of carbonyl (C=O) groups excluding carboxylic acids is 4. The van der Waals surface area contributed by atoms with Crippen molar-refractivity contribution in [3.8, 4) is 0 Å². The second-order valence-corrected chi connectivity index (χ2v) is 9.44. The van der Waals surface area contributed by atoms with Crippen molar-refractivity contribution in [3.63, 3.8) is 0 Å².